The number of rotatable bonds is 6. The molecule has 1 fully saturated rings. The highest BCUT2D eigenvalue weighted by Crippen LogP contribution is 2.40. The lowest BCUT2D eigenvalue weighted by Gasteiger charge is -2.33. The molecule has 162 valence electrons. The Morgan fingerprint density at radius 2 is 2.16 bits per heavy atom. The number of morpholine rings is 1. The number of aromatic nitrogens is 2. The number of carbonyl (C=O) groups excluding carboxylic acids is 1. The van der Waals surface area contributed by atoms with Crippen molar-refractivity contribution in [3.63, 3.8) is 0 Å². The van der Waals surface area contributed by atoms with Crippen LogP contribution in [0.5, 0.6) is 5.88 Å². The molecule has 0 spiro atoms. The Bertz CT molecular complexity index is 1050. The molecule has 1 saturated heterocycles. The van der Waals surface area contributed by atoms with Crippen LogP contribution in [0.15, 0.2) is 42.6 Å². The molecule has 1 aromatic carbocycles. The molecule has 0 radical (unpaired) electrons. The van der Waals surface area contributed by atoms with Crippen LogP contribution in [0.2, 0.25) is 0 Å². The Morgan fingerprint density at radius 1 is 1.35 bits per heavy atom. The van der Waals surface area contributed by atoms with E-state index in [0.29, 0.717) is 23.4 Å². The second-order valence-corrected chi connectivity index (χ2v) is 8.41. The van der Waals surface area contributed by atoms with Gasteiger partial charge in [0.15, 0.2) is 5.82 Å². The van der Waals surface area contributed by atoms with E-state index >= 15 is 0 Å². The molecule has 1 aliphatic rings. The first-order valence-corrected chi connectivity index (χ1v) is 10.8. The number of methoxy groups -OCH3 is 1. The first kappa shape index (κ1) is 21.2. The van der Waals surface area contributed by atoms with Gasteiger partial charge in [0.25, 0.3) is 0 Å². The summed E-state index contributed by atoms with van der Waals surface area (Å²) in [6.07, 6.45) is 1.62. The minimum atomic E-state index is -0.636. The fourth-order valence-corrected chi connectivity index (χ4v) is 4.56. The molecule has 2 amide bonds. The van der Waals surface area contributed by atoms with Gasteiger partial charge in [-0.1, -0.05) is 24.3 Å². The summed E-state index contributed by atoms with van der Waals surface area (Å²) in [7, 11) is 1.55. The molecule has 3 N–H and O–H groups in total. The number of hydrogen-bond donors (Lipinski definition) is 2. The molecular formula is C22H25N5O3S. The number of amides is 2. The van der Waals surface area contributed by atoms with Crippen LogP contribution in [0.25, 0.3) is 21.1 Å². The minimum Gasteiger partial charge on any atom is -0.481 e. The highest BCUT2D eigenvalue weighted by Gasteiger charge is 2.19. The van der Waals surface area contributed by atoms with Crippen molar-refractivity contribution < 1.29 is 14.3 Å². The Kier molecular flexibility index (Phi) is 6.45. The molecule has 1 aliphatic heterocycles. The molecule has 9 heteroatoms. The van der Waals surface area contributed by atoms with E-state index in [2.05, 4.69) is 51.4 Å². The fourth-order valence-electron chi connectivity index (χ4n) is 3.50. The summed E-state index contributed by atoms with van der Waals surface area (Å²) in [4.78, 5) is 24.4. The number of carbonyl (C=O) groups is 1. The van der Waals surface area contributed by atoms with Gasteiger partial charge < -0.3 is 20.5 Å². The Labute approximate surface area is 185 Å². The number of nitrogens with zero attached hydrogens (tertiary/aromatic N) is 3. The van der Waals surface area contributed by atoms with Gasteiger partial charge in [0.2, 0.25) is 5.88 Å². The molecule has 0 bridgehead atoms. The van der Waals surface area contributed by atoms with Crippen molar-refractivity contribution in [2.75, 3.05) is 32.2 Å². The van der Waals surface area contributed by atoms with E-state index in [0.717, 1.165) is 41.6 Å². The van der Waals surface area contributed by atoms with Crippen molar-refractivity contribution in [1.29, 1.82) is 0 Å². The zero-order chi connectivity index (χ0) is 21.8. The smallest absolute Gasteiger partial charge is 0.316 e. The molecule has 8 nitrogen and oxygen atoms in total. The number of thiophene rings is 1. The number of anilines is 1. The number of hydrogen-bond acceptors (Lipinski definition) is 7. The average molecular weight is 440 g/mol. The quantitative estimate of drug-likeness (QED) is 0.608. The summed E-state index contributed by atoms with van der Waals surface area (Å²) in [5.74, 6) is 0.920. The Morgan fingerprint density at radius 3 is 2.87 bits per heavy atom. The third-order valence-corrected chi connectivity index (χ3v) is 6.34. The van der Waals surface area contributed by atoms with Crippen LogP contribution >= 0.6 is 11.3 Å². The van der Waals surface area contributed by atoms with E-state index in [1.165, 1.54) is 16.9 Å². The van der Waals surface area contributed by atoms with Gasteiger partial charge in [0.1, 0.15) is 0 Å². The topological polar surface area (TPSA) is 103 Å². The van der Waals surface area contributed by atoms with Gasteiger partial charge in [0, 0.05) is 36.3 Å². The maximum atomic E-state index is 11.5. The first-order valence-electron chi connectivity index (χ1n) is 10.0. The zero-order valence-electron chi connectivity index (χ0n) is 17.5. The van der Waals surface area contributed by atoms with Crippen LogP contribution in [0.3, 0.4) is 0 Å². The van der Waals surface area contributed by atoms with Crippen LogP contribution in [0.1, 0.15) is 12.5 Å². The summed E-state index contributed by atoms with van der Waals surface area (Å²) in [6, 6.07) is 11.8. The van der Waals surface area contributed by atoms with E-state index < -0.39 is 6.03 Å². The molecule has 1 atom stereocenters. The lowest BCUT2D eigenvalue weighted by molar-refractivity contribution is -0.00436. The van der Waals surface area contributed by atoms with Crippen LogP contribution in [-0.2, 0) is 11.3 Å². The van der Waals surface area contributed by atoms with E-state index in [1.807, 2.05) is 6.07 Å². The monoisotopic (exact) mass is 439 g/mol. The number of nitrogens with one attached hydrogen (secondary N) is 1. The second-order valence-electron chi connectivity index (χ2n) is 7.36. The predicted molar refractivity (Wildman–Crippen MR) is 121 cm³/mol. The highest BCUT2D eigenvalue weighted by molar-refractivity contribution is 7.19. The number of nitrogens with two attached hydrogens (primary N) is 1. The SMILES string of the molecule is COc1ccnc(-c2sc(-c3ccc(CN4CCOC[C@@H]4C)cc3)cc2NC(N)=O)n1. The Hall–Kier alpha value is -3.01. The van der Waals surface area contributed by atoms with Gasteiger partial charge in [-0.2, -0.15) is 4.98 Å². The lowest BCUT2D eigenvalue weighted by atomic mass is 10.1. The summed E-state index contributed by atoms with van der Waals surface area (Å²) < 4.78 is 10.7. The standard InChI is InChI=1S/C22H25N5O3S/c1-14-13-30-10-9-27(14)12-15-3-5-16(6-4-15)18-11-17(25-22(23)28)20(31-18)21-24-8-7-19(26-21)29-2/h3-8,11,14H,9-10,12-13H2,1-2H3,(H3,23,25,28)/t14-/m0/s1. The molecule has 3 aromatic rings. The summed E-state index contributed by atoms with van der Waals surface area (Å²) >= 11 is 1.49. The molecular weight excluding hydrogens is 414 g/mol. The molecule has 3 heterocycles. The van der Waals surface area contributed by atoms with Gasteiger partial charge >= 0.3 is 6.03 Å². The van der Waals surface area contributed by atoms with Crippen LogP contribution in [-0.4, -0.2) is 53.8 Å². The van der Waals surface area contributed by atoms with Gasteiger partial charge in [-0.15, -0.1) is 11.3 Å². The average Bonchev–Trinajstić information content (AvgIpc) is 3.19. The number of ether oxygens (including phenoxy) is 2. The molecule has 31 heavy (non-hydrogen) atoms. The molecule has 2 aromatic heterocycles. The lowest BCUT2D eigenvalue weighted by Crippen LogP contribution is -2.42. The third kappa shape index (κ3) is 5.01. The second kappa shape index (κ2) is 9.42. The molecule has 0 saturated carbocycles. The van der Waals surface area contributed by atoms with E-state index in [1.54, 1.807) is 19.4 Å². The Balaban J connectivity index is 1.60. The van der Waals surface area contributed by atoms with Crippen molar-refractivity contribution in [1.82, 2.24) is 14.9 Å². The van der Waals surface area contributed by atoms with Crippen molar-refractivity contribution in [2.45, 2.75) is 19.5 Å². The summed E-state index contributed by atoms with van der Waals surface area (Å²) in [6.45, 7) is 5.58. The number of benzene rings is 1. The maximum absolute atomic E-state index is 11.5. The van der Waals surface area contributed by atoms with Crippen molar-refractivity contribution in [2.24, 2.45) is 5.73 Å². The fraction of sp³-hybridized carbons (Fsp3) is 0.318. The normalized spacial score (nSPS) is 16.8. The van der Waals surface area contributed by atoms with Gasteiger partial charge in [0.05, 0.1) is 30.9 Å². The largest absolute Gasteiger partial charge is 0.481 e. The van der Waals surface area contributed by atoms with Gasteiger partial charge in [-0.3, -0.25) is 4.90 Å². The van der Waals surface area contributed by atoms with Gasteiger partial charge in [-0.05, 0) is 24.1 Å². The van der Waals surface area contributed by atoms with Crippen LogP contribution in [0.4, 0.5) is 10.5 Å². The molecule has 0 unspecified atom stereocenters. The van der Waals surface area contributed by atoms with Crippen molar-refractivity contribution >= 4 is 23.1 Å². The molecule has 0 aliphatic carbocycles. The van der Waals surface area contributed by atoms with Crippen molar-refractivity contribution in [3.8, 4) is 27.0 Å². The molecule has 4 rings (SSSR count). The number of primary amides is 1. The minimum absolute atomic E-state index is 0.415. The van der Waals surface area contributed by atoms with E-state index in [-0.39, 0.29) is 0 Å². The third-order valence-electron chi connectivity index (χ3n) is 5.16. The van der Waals surface area contributed by atoms with Crippen LogP contribution < -0.4 is 15.8 Å². The van der Waals surface area contributed by atoms with Gasteiger partial charge in [-0.25, -0.2) is 9.78 Å². The predicted octanol–water partition coefficient (Wildman–Crippen LogP) is 3.59. The van der Waals surface area contributed by atoms with Crippen LogP contribution in [0, 0.1) is 0 Å². The van der Waals surface area contributed by atoms with E-state index in [4.69, 9.17) is 15.2 Å². The zero-order valence-corrected chi connectivity index (χ0v) is 18.3. The van der Waals surface area contributed by atoms with Crippen molar-refractivity contribution in [3.05, 3.63) is 48.2 Å². The number of urea groups is 1. The maximum Gasteiger partial charge on any atom is 0.316 e. The summed E-state index contributed by atoms with van der Waals surface area (Å²) in [5, 5.41) is 2.68. The highest BCUT2D eigenvalue weighted by atomic mass is 32.1. The summed E-state index contributed by atoms with van der Waals surface area (Å²) in [5.41, 5.74) is 8.24. The van der Waals surface area contributed by atoms with E-state index in [9.17, 15) is 4.79 Å². The first-order chi connectivity index (χ1) is 15.0.